The average molecular weight is 417 g/mol. The summed E-state index contributed by atoms with van der Waals surface area (Å²) in [6, 6.07) is 22.2. The van der Waals surface area contributed by atoms with Gasteiger partial charge >= 0.3 is 21.7 Å². The van der Waals surface area contributed by atoms with Gasteiger partial charge in [-0.1, -0.05) is 45.2 Å². The van der Waals surface area contributed by atoms with Crippen molar-refractivity contribution in [3.63, 3.8) is 0 Å². The minimum atomic E-state index is -0.0135. The Hall–Kier alpha value is -1.05. The van der Waals surface area contributed by atoms with Crippen LogP contribution < -0.4 is 24.8 Å². The van der Waals surface area contributed by atoms with Gasteiger partial charge in [0.15, 0.2) is 0 Å². The van der Waals surface area contributed by atoms with E-state index in [0.29, 0.717) is 0 Å². The van der Waals surface area contributed by atoms with Crippen molar-refractivity contribution in [1.29, 1.82) is 0 Å². The molecule has 0 aliphatic carbocycles. The van der Waals surface area contributed by atoms with Crippen LogP contribution in [0.2, 0.25) is 0 Å². The second-order valence-corrected chi connectivity index (χ2v) is 7.20. The van der Waals surface area contributed by atoms with Crippen LogP contribution in [0.3, 0.4) is 0 Å². The fourth-order valence-electron chi connectivity index (χ4n) is 4.52. The van der Waals surface area contributed by atoms with Gasteiger partial charge in [0.1, 0.15) is 0 Å². The van der Waals surface area contributed by atoms with Crippen molar-refractivity contribution >= 4 is 21.5 Å². The van der Waals surface area contributed by atoms with Gasteiger partial charge in [-0.25, -0.2) is 0 Å². The zero-order chi connectivity index (χ0) is 16.2. The first-order valence-corrected chi connectivity index (χ1v) is 8.31. The Morgan fingerprint density at radius 2 is 1.00 bits per heavy atom. The van der Waals surface area contributed by atoms with Crippen molar-refractivity contribution in [3.8, 4) is 0 Å². The van der Waals surface area contributed by atoms with Gasteiger partial charge in [-0.15, -0.1) is 92.3 Å². The van der Waals surface area contributed by atoms with Crippen molar-refractivity contribution in [2.45, 2.75) is 33.1 Å². The molecule has 0 heterocycles. The van der Waals surface area contributed by atoms with E-state index in [1.54, 1.807) is 0 Å². The Labute approximate surface area is 183 Å². The van der Waals surface area contributed by atoms with E-state index in [1.165, 1.54) is 43.8 Å². The van der Waals surface area contributed by atoms with E-state index in [-0.39, 0.29) is 51.9 Å². The summed E-state index contributed by atoms with van der Waals surface area (Å²) in [6.07, 6.45) is 0. The van der Waals surface area contributed by atoms with Crippen LogP contribution in [0.25, 0.3) is 21.5 Å². The molecule has 0 fully saturated rings. The minimum absolute atomic E-state index is 0. The van der Waals surface area contributed by atoms with Crippen molar-refractivity contribution in [2.75, 3.05) is 0 Å². The normalized spacial score (nSPS) is 10.9. The first-order chi connectivity index (χ1) is 11.0. The molecule has 0 nitrogen and oxygen atoms in total. The molecule has 0 saturated carbocycles. The molecule has 4 aromatic rings. The van der Waals surface area contributed by atoms with Crippen LogP contribution >= 0.6 is 0 Å². The van der Waals surface area contributed by atoms with Crippen LogP contribution in [0.5, 0.6) is 0 Å². The molecular weight excluding hydrogens is 395 g/mol. The molecule has 0 saturated heterocycles. The summed E-state index contributed by atoms with van der Waals surface area (Å²) in [5.74, 6) is 0. The van der Waals surface area contributed by atoms with Crippen LogP contribution in [-0.2, 0) is 27.1 Å². The van der Waals surface area contributed by atoms with Crippen LogP contribution in [0, 0.1) is 13.8 Å². The van der Waals surface area contributed by atoms with Gasteiger partial charge in [0.05, 0.1) is 0 Å². The Bertz CT molecular complexity index is 939. The fraction of sp³-hybridized carbons (Fsp3) is 0.217. The van der Waals surface area contributed by atoms with Crippen LogP contribution in [0.15, 0.2) is 60.7 Å². The molecule has 0 aliphatic rings. The first kappa shape index (κ1) is 23.0. The molecule has 0 spiro atoms. The summed E-state index contributed by atoms with van der Waals surface area (Å²) in [5.41, 5.74) is 5.70. The van der Waals surface area contributed by atoms with E-state index in [2.05, 4.69) is 88.4 Å². The summed E-state index contributed by atoms with van der Waals surface area (Å²) in [4.78, 5) is 0. The molecule has 0 bridgehead atoms. The molecule has 0 aliphatic heterocycles. The SMILES string of the molecule is Cc1[cH-]c2ccccc2c1C(C)(C)c1c(C)[cH-]c2ccccc12.[Cl-].[Cl-].[Ti+4]. The zero-order valence-electron chi connectivity index (χ0n) is 15.5. The molecule has 0 radical (unpaired) electrons. The third-order valence-corrected chi connectivity index (χ3v) is 5.24. The quantitative estimate of drug-likeness (QED) is 0.327. The number of rotatable bonds is 2. The summed E-state index contributed by atoms with van der Waals surface area (Å²) < 4.78 is 0. The first-order valence-electron chi connectivity index (χ1n) is 8.31. The molecule has 0 amide bonds. The van der Waals surface area contributed by atoms with Crippen molar-refractivity contribution in [3.05, 3.63) is 82.9 Å². The minimum Gasteiger partial charge on any atom is -1.00 e. The van der Waals surface area contributed by atoms with Crippen molar-refractivity contribution in [1.82, 2.24) is 0 Å². The van der Waals surface area contributed by atoms with E-state index in [9.17, 15) is 0 Å². The molecule has 4 aromatic carbocycles. The molecule has 4 rings (SSSR count). The van der Waals surface area contributed by atoms with Gasteiger partial charge in [0, 0.05) is 0 Å². The second-order valence-electron chi connectivity index (χ2n) is 7.20. The maximum Gasteiger partial charge on any atom is 4.00 e. The molecule has 0 atom stereocenters. The fourth-order valence-corrected chi connectivity index (χ4v) is 4.52. The third-order valence-electron chi connectivity index (χ3n) is 5.24. The Morgan fingerprint density at radius 1 is 0.654 bits per heavy atom. The maximum atomic E-state index is 2.37. The largest absolute Gasteiger partial charge is 4.00 e. The summed E-state index contributed by atoms with van der Waals surface area (Å²) in [5, 5.41) is 5.47. The number of fused-ring (bicyclic) bond motifs is 2. The summed E-state index contributed by atoms with van der Waals surface area (Å²) >= 11 is 0. The summed E-state index contributed by atoms with van der Waals surface area (Å²) in [6.45, 7) is 9.24. The molecular formula is C23H22Cl2Ti. The van der Waals surface area contributed by atoms with E-state index in [1.807, 2.05) is 0 Å². The molecule has 0 N–H and O–H groups in total. The standard InChI is InChI=1S/C23H22.2ClH.Ti/c1-15-13-17-9-5-7-11-19(17)21(15)23(3,4)22-16(2)14-18-10-6-8-12-20(18)22;;;/h5-14H,1-4H3;2*1H;/q-2;;;+4/p-2. The Kier molecular flexibility index (Phi) is 7.36. The predicted octanol–water partition coefficient (Wildman–Crippen LogP) is 0.379. The smallest absolute Gasteiger partial charge is 1.00 e. The van der Waals surface area contributed by atoms with Crippen LogP contribution in [0.4, 0.5) is 0 Å². The second kappa shape index (κ2) is 8.32. The number of hydrogen-bond acceptors (Lipinski definition) is 0. The number of hydrogen-bond donors (Lipinski definition) is 0. The number of benzene rings is 2. The van der Waals surface area contributed by atoms with Gasteiger partial charge in [-0.2, -0.15) is 0 Å². The monoisotopic (exact) mass is 416 g/mol. The maximum absolute atomic E-state index is 2.37. The van der Waals surface area contributed by atoms with Gasteiger partial charge in [-0.3, -0.25) is 0 Å². The van der Waals surface area contributed by atoms with Gasteiger partial charge in [0.25, 0.3) is 0 Å². The molecule has 3 heteroatoms. The average Bonchev–Trinajstić information content (AvgIpc) is 3.02. The van der Waals surface area contributed by atoms with E-state index in [0.717, 1.165) is 0 Å². The van der Waals surface area contributed by atoms with E-state index in [4.69, 9.17) is 0 Å². The van der Waals surface area contributed by atoms with Gasteiger partial charge in [-0.05, 0) is 0 Å². The number of aryl methyl sites for hydroxylation is 2. The van der Waals surface area contributed by atoms with Crippen LogP contribution in [0.1, 0.15) is 36.1 Å². The van der Waals surface area contributed by atoms with Gasteiger partial charge < -0.3 is 24.8 Å². The Balaban J connectivity index is 0.00000113. The molecule has 26 heavy (non-hydrogen) atoms. The number of halogens is 2. The third kappa shape index (κ3) is 3.41. The van der Waals surface area contributed by atoms with Crippen molar-refractivity contribution < 1.29 is 46.5 Å². The summed E-state index contributed by atoms with van der Waals surface area (Å²) in [7, 11) is 0. The van der Waals surface area contributed by atoms with Gasteiger partial charge in [0.2, 0.25) is 0 Å². The Morgan fingerprint density at radius 3 is 1.38 bits per heavy atom. The van der Waals surface area contributed by atoms with E-state index >= 15 is 0 Å². The van der Waals surface area contributed by atoms with Crippen LogP contribution in [-0.4, -0.2) is 0 Å². The van der Waals surface area contributed by atoms with E-state index < -0.39 is 0 Å². The molecule has 0 unspecified atom stereocenters. The predicted molar refractivity (Wildman–Crippen MR) is 101 cm³/mol. The molecule has 0 aromatic heterocycles. The molecule has 132 valence electrons. The topological polar surface area (TPSA) is 0 Å². The zero-order valence-corrected chi connectivity index (χ0v) is 18.6. The van der Waals surface area contributed by atoms with Crippen molar-refractivity contribution in [2.24, 2.45) is 0 Å².